The van der Waals surface area contributed by atoms with Gasteiger partial charge in [-0.3, -0.25) is 9.78 Å². The van der Waals surface area contributed by atoms with Crippen LogP contribution in [0.5, 0.6) is 5.75 Å². The summed E-state index contributed by atoms with van der Waals surface area (Å²) in [6.45, 7) is 0. The van der Waals surface area contributed by atoms with Gasteiger partial charge in [-0.2, -0.15) is 0 Å². The number of halogens is 1. The lowest BCUT2D eigenvalue weighted by molar-refractivity contribution is 0.112. The molecule has 0 spiro atoms. The zero-order valence-electron chi connectivity index (χ0n) is 9.05. The molecular weight excluding hydrogens is 240 g/mol. The van der Waals surface area contributed by atoms with Crippen LogP contribution in [0.1, 0.15) is 10.4 Å². The molecule has 2 rings (SSSR count). The Morgan fingerprint density at radius 2 is 2.18 bits per heavy atom. The molecule has 2 aromatic rings. The Labute approximate surface area is 103 Å². The second-order valence-corrected chi connectivity index (χ2v) is 3.68. The normalized spacial score (nSPS) is 10.0. The Morgan fingerprint density at radius 1 is 1.35 bits per heavy atom. The van der Waals surface area contributed by atoms with Crippen LogP contribution in [0.3, 0.4) is 0 Å². The predicted molar refractivity (Wildman–Crippen MR) is 64.4 cm³/mol. The summed E-state index contributed by atoms with van der Waals surface area (Å²) in [7, 11) is 1.53. The van der Waals surface area contributed by atoms with E-state index >= 15 is 0 Å². The minimum absolute atomic E-state index is 0.335. The zero-order chi connectivity index (χ0) is 12.3. The highest BCUT2D eigenvalue weighted by Crippen LogP contribution is 2.32. The smallest absolute Gasteiger partial charge is 0.150 e. The van der Waals surface area contributed by atoms with Crippen LogP contribution in [0.2, 0.25) is 5.15 Å². The third-order valence-electron chi connectivity index (χ3n) is 2.33. The van der Waals surface area contributed by atoms with Gasteiger partial charge in [0.15, 0.2) is 6.29 Å². The van der Waals surface area contributed by atoms with Crippen molar-refractivity contribution >= 4 is 17.9 Å². The van der Waals surface area contributed by atoms with Gasteiger partial charge in [-0.1, -0.05) is 11.6 Å². The number of carbonyl (C=O) groups excluding carboxylic acids is 1. The van der Waals surface area contributed by atoms with Crippen LogP contribution in [-0.2, 0) is 0 Å². The van der Waals surface area contributed by atoms with Gasteiger partial charge in [0, 0.05) is 29.1 Å². The first-order valence-corrected chi connectivity index (χ1v) is 5.23. The first-order valence-electron chi connectivity index (χ1n) is 4.85. The molecule has 0 bridgehead atoms. The highest BCUT2D eigenvalue weighted by Gasteiger charge is 2.11. The van der Waals surface area contributed by atoms with Crippen LogP contribution >= 0.6 is 11.6 Å². The van der Waals surface area contributed by atoms with Crippen LogP contribution < -0.4 is 4.74 Å². The van der Waals surface area contributed by atoms with E-state index in [1.807, 2.05) is 0 Å². The summed E-state index contributed by atoms with van der Waals surface area (Å²) >= 11 is 5.84. The van der Waals surface area contributed by atoms with Crippen molar-refractivity contribution in [1.82, 2.24) is 9.97 Å². The van der Waals surface area contributed by atoms with Crippen LogP contribution in [0.4, 0.5) is 0 Å². The standard InChI is InChI=1S/C12H9ClN2O2/c1-17-11-6-15-12(13)4-9(11)10-5-14-3-2-8(10)7-16/h2-7H,1H3. The number of aldehydes is 1. The summed E-state index contributed by atoms with van der Waals surface area (Å²) in [5.74, 6) is 0.547. The van der Waals surface area contributed by atoms with E-state index in [9.17, 15) is 4.79 Å². The second kappa shape index (κ2) is 4.93. The number of hydrogen-bond donors (Lipinski definition) is 0. The fourth-order valence-electron chi connectivity index (χ4n) is 1.52. The van der Waals surface area contributed by atoms with Crippen molar-refractivity contribution in [2.75, 3.05) is 7.11 Å². The molecule has 2 heterocycles. The van der Waals surface area contributed by atoms with Crippen molar-refractivity contribution in [3.05, 3.63) is 41.4 Å². The zero-order valence-corrected chi connectivity index (χ0v) is 9.81. The third-order valence-corrected chi connectivity index (χ3v) is 2.53. The monoisotopic (exact) mass is 248 g/mol. The summed E-state index contributed by atoms with van der Waals surface area (Å²) in [4.78, 5) is 18.9. The number of methoxy groups -OCH3 is 1. The number of nitrogens with zero attached hydrogens (tertiary/aromatic N) is 2. The molecule has 4 nitrogen and oxygen atoms in total. The number of hydrogen-bond acceptors (Lipinski definition) is 4. The fraction of sp³-hybridized carbons (Fsp3) is 0.0833. The molecule has 0 saturated heterocycles. The van der Waals surface area contributed by atoms with Crippen LogP contribution in [0, 0.1) is 0 Å². The molecule has 0 saturated carbocycles. The maximum absolute atomic E-state index is 11.0. The maximum atomic E-state index is 11.0. The summed E-state index contributed by atoms with van der Waals surface area (Å²) in [5, 5.41) is 0.335. The quantitative estimate of drug-likeness (QED) is 0.619. The van der Waals surface area contributed by atoms with E-state index in [4.69, 9.17) is 16.3 Å². The van der Waals surface area contributed by atoms with E-state index < -0.39 is 0 Å². The number of rotatable bonds is 3. The highest BCUT2D eigenvalue weighted by atomic mass is 35.5. The van der Waals surface area contributed by atoms with Crippen molar-refractivity contribution in [2.24, 2.45) is 0 Å². The SMILES string of the molecule is COc1cnc(Cl)cc1-c1cnccc1C=O. The first-order chi connectivity index (χ1) is 8.26. The Hall–Kier alpha value is -1.94. The van der Waals surface area contributed by atoms with Gasteiger partial charge in [-0.25, -0.2) is 4.98 Å². The van der Waals surface area contributed by atoms with Crippen LogP contribution in [-0.4, -0.2) is 23.4 Å². The maximum Gasteiger partial charge on any atom is 0.150 e. The predicted octanol–water partition coefficient (Wildman–Crippen LogP) is 2.62. The second-order valence-electron chi connectivity index (χ2n) is 3.29. The topological polar surface area (TPSA) is 52.1 Å². The van der Waals surface area contributed by atoms with Crippen molar-refractivity contribution in [1.29, 1.82) is 0 Å². The summed E-state index contributed by atoms with van der Waals surface area (Å²) in [5.41, 5.74) is 1.90. The molecule has 17 heavy (non-hydrogen) atoms. The lowest BCUT2D eigenvalue weighted by Gasteiger charge is -2.09. The molecule has 0 aliphatic carbocycles. The molecule has 0 amide bonds. The van der Waals surface area contributed by atoms with Crippen LogP contribution in [0.15, 0.2) is 30.7 Å². The van der Waals surface area contributed by atoms with Crippen molar-refractivity contribution in [3.63, 3.8) is 0 Å². The van der Waals surface area contributed by atoms with Crippen LogP contribution in [0.25, 0.3) is 11.1 Å². The van der Waals surface area contributed by atoms with Gasteiger partial charge < -0.3 is 4.74 Å². The molecule has 0 atom stereocenters. The average Bonchev–Trinajstić information content (AvgIpc) is 2.38. The van der Waals surface area contributed by atoms with E-state index in [0.29, 0.717) is 27.6 Å². The first kappa shape index (κ1) is 11.5. The van der Waals surface area contributed by atoms with Gasteiger partial charge in [0.05, 0.1) is 13.3 Å². The van der Waals surface area contributed by atoms with E-state index in [-0.39, 0.29) is 0 Å². The van der Waals surface area contributed by atoms with E-state index in [0.717, 1.165) is 6.29 Å². The Bertz CT molecular complexity index is 558. The van der Waals surface area contributed by atoms with Crippen molar-refractivity contribution in [3.8, 4) is 16.9 Å². The Balaban J connectivity index is 2.66. The fourth-order valence-corrected chi connectivity index (χ4v) is 1.68. The lowest BCUT2D eigenvalue weighted by Crippen LogP contribution is -1.94. The molecule has 0 aliphatic rings. The van der Waals surface area contributed by atoms with Gasteiger partial charge in [0.2, 0.25) is 0 Å². The summed E-state index contributed by atoms with van der Waals surface area (Å²) in [6, 6.07) is 3.28. The molecule has 0 aliphatic heterocycles. The lowest BCUT2D eigenvalue weighted by atomic mass is 10.0. The number of ether oxygens (including phenoxy) is 1. The molecule has 0 unspecified atom stereocenters. The molecule has 2 aromatic heterocycles. The van der Waals surface area contributed by atoms with Crippen molar-refractivity contribution in [2.45, 2.75) is 0 Å². The van der Waals surface area contributed by atoms with E-state index in [1.165, 1.54) is 13.3 Å². The minimum Gasteiger partial charge on any atom is -0.494 e. The number of pyridine rings is 2. The van der Waals surface area contributed by atoms with E-state index in [1.54, 1.807) is 24.5 Å². The highest BCUT2D eigenvalue weighted by molar-refractivity contribution is 6.29. The number of carbonyl (C=O) groups is 1. The van der Waals surface area contributed by atoms with Gasteiger partial charge in [-0.05, 0) is 12.1 Å². The van der Waals surface area contributed by atoms with Gasteiger partial charge in [0.1, 0.15) is 10.9 Å². The molecule has 0 aromatic carbocycles. The molecule has 5 heteroatoms. The minimum atomic E-state index is 0.335. The summed E-state index contributed by atoms with van der Waals surface area (Å²) < 4.78 is 5.19. The molecule has 86 valence electrons. The molecule has 0 radical (unpaired) electrons. The molecule has 0 fully saturated rings. The largest absolute Gasteiger partial charge is 0.494 e. The molecular formula is C12H9ClN2O2. The third kappa shape index (κ3) is 2.26. The molecule has 0 N–H and O–H groups in total. The van der Waals surface area contributed by atoms with Gasteiger partial charge >= 0.3 is 0 Å². The van der Waals surface area contributed by atoms with E-state index in [2.05, 4.69) is 9.97 Å². The Kier molecular flexibility index (Phi) is 3.35. The average molecular weight is 249 g/mol. The Morgan fingerprint density at radius 3 is 2.88 bits per heavy atom. The van der Waals surface area contributed by atoms with Gasteiger partial charge in [-0.15, -0.1) is 0 Å². The summed E-state index contributed by atoms with van der Waals surface area (Å²) in [6.07, 6.45) is 5.43. The van der Waals surface area contributed by atoms with Gasteiger partial charge in [0.25, 0.3) is 0 Å². The number of aromatic nitrogens is 2. The van der Waals surface area contributed by atoms with Crippen molar-refractivity contribution < 1.29 is 9.53 Å².